The number of nitro benzene ring substituents is 1. The normalized spacial score (nSPS) is 12.0. The summed E-state index contributed by atoms with van der Waals surface area (Å²) in [7, 11) is 0. The fourth-order valence-corrected chi connectivity index (χ4v) is 1.55. The molecule has 0 saturated carbocycles. The van der Waals surface area contributed by atoms with Crippen LogP contribution in [0.4, 0.5) is 14.5 Å². The number of rotatable bonds is 6. The van der Waals surface area contributed by atoms with Crippen LogP contribution in [0.2, 0.25) is 0 Å². The van der Waals surface area contributed by atoms with Crippen LogP contribution in [0.15, 0.2) is 12.1 Å². The van der Waals surface area contributed by atoms with E-state index >= 15 is 0 Å². The number of nitrogens with zero attached hydrogens (tertiary/aromatic N) is 1. The summed E-state index contributed by atoms with van der Waals surface area (Å²) < 4.78 is 32.1. The van der Waals surface area contributed by atoms with E-state index in [0.29, 0.717) is 18.7 Å². The number of hydrogen-bond acceptors (Lipinski definition) is 4. The largest absolute Gasteiger partial charge is 0.377 e. The Balaban J connectivity index is 2.90. The van der Waals surface area contributed by atoms with E-state index in [1.165, 1.54) is 0 Å². The first-order valence-corrected chi connectivity index (χ1v) is 5.90. The van der Waals surface area contributed by atoms with E-state index in [1.807, 2.05) is 0 Å². The van der Waals surface area contributed by atoms with Crippen molar-refractivity contribution < 1.29 is 23.2 Å². The van der Waals surface area contributed by atoms with E-state index in [4.69, 9.17) is 4.74 Å². The fourth-order valence-electron chi connectivity index (χ4n) is 1.55. The molecule has 0 aliphatic rings. The van der Waals surface area contributed by atoms with E-state index in [0.717, 1.165) is 0 Å². The van der Waals surface area contributed by atoms with E-state index in [9.17, 15) is 23.7 Å². The molecule has 110 valence electrons. The molecule has 0 saturated heterocycles. The summed E-state index contributed by atoms with van der Waals surface area (Å²) in [5.41, 5.74) is -1.78. The first kappa shape index (κ1) is 16.0. The lowest BCUT2D eigenvalue weighted by Crippen LogP contribution is -2.32. The quantitative estimate of drug-likeness (QED) is 0.641. The monoisotopic (exact) mass is 288 g/mol. The number of hydrogen-bond donors (Lipinski definition) is 1. The van der Waals surface area contributed by atoms with Crippen LogP contribution in [0.3, 0.4) is 0 Å². The molecule has 0 spiro atoms. The minimum absolute atomic E-state index is 0.0798. The summed E-state index contributed by atoms with van der Waals surface area (Å²) in [6.07, 6.45) is -0.310. The van der Waals surface area contributed by atoms with Gasteiger partial charge in [0.15, 0.2) is 0 Å². The maximum Gasteiger partial charge on any atom is 0.308 e. The zero-order chi connectivity index (χ0) is 15.3. The molecule has 1 unspecified atom stereocenters. The van der Waals surface area contributed by atoms with Crippen molar-refractivity contribution in [2.24, 2.45) is 0 Å². The molecule has 20 heavy (non-hydrogen) atoms. The average Bonchev–Trinajstić information content (AvgIpc) is 2.38. The highest BCUT2D eigenvalue weighted by Gasteiger charge is 2.24. The number of nitro groups is 1. The van der Waals surface area contributed by atoms with Gasteiger partial charge in [0.2, 0.25) is 5.82 Å². The van der Waals surface area contributed by atoms with Crippen LogP contribution in [-0.4, -0.2) is 30.1 Å². The van der Waals surface area contributed by atoms with Gasteiger partial charge in [-0.05, 0) is 19.9 Å². The molecular formula is C12H14F2N2O4. The van der Waals surface area contributed by atoms with Crippen LogP contribution in [0, 0.1) is 21.7 Å². The molecule has 1 rings (SSSR count). The van der Waals surface area contributed by atoms with E-state index < -0.39 is 33.7 Å². The molecule has 1 atom stereocenters. The highest BCUT2D eigenvalue weighted by atomic mass is 19.1. The number of benzene rings is 1. The maximum atomic E-state index is 13.7. The molecule has 1 aromatic rings. The topological polar surface area (TPSA) is 81.5 Å². The Hall–Kier alpha value is -2.09. The van der Waals surface area contributed by atoms with Crippen LogP contribution in [0.25, 0.3) is 0 Å². The standard InChI is InChI=1S/C12H14F2N2O4/c1-3-20-7(2)6-15-12(17)9-4-8(13)5-10(11(9)14)16(18)19/h4-5,7H,3,6H2,1-2H3,(H,15,17). The van der Waals surface area contributed by atoms with Gasteiger partial charge in [-0.3, -0.25) is 14.9 Å². The predicted octanol–water partition coefficient (Wildman–Crippen LogP) is 2.03. The maximum absolute atomic E-state index is 13.7. The molecule has 8 heteroatoms. The SMILES string of the molecule is CCOC(C)CNC(=O)c1cc(F)cc([N+](=O)[O-])c1F. The van der Waals surface area contributed by atoms with Crippen molar-refractivity contribution in [3.05, 3.63) is 39.4 Å². The molecule has 0 bridgehead atoms. The van der Waals surface area contributed by atoms with Crippen LogP contribution < -0.4 is 5.32 Å². The van der Waals surface area contributed by atoms with E-state index in [-0.39, 0.29) is 12.6 Å². The zero-order valence-corrected chi connectivity index (χ0v) is 11.0. The Labute approximate surface area is 113 Å². The van der Waals surface area contributed by atoms with Gasteiger partial charge < -0.3 is 10.1 Å². The van der Waals surface area contributed by atoms with Gasteiger partial charge in [0, 0.05) is 13.2 Å². The van der Waals surface area contributed by atoms with Crippen molar-refractivity contribution >= 4 is 11.6 Å². The minimum Gasteiger partial charge on any atom is -0.377 e. The second kappa shape index (κ2) is 6.90. The van der Waals surface area contributed by atoms with Crippen molar-refractivity contribution in [1.29, 1.82) is 0 Å². The van der Waals surface area contributed by atoms with E-state index in [1.54, 1.807) is 13.8 Å². The Kier molecular flexibility index (Phi) is 5.51. The molecule has 6 nitrogen and oxygen atoms in total. The second-order valence-corrected chi connectivity index (χ2v) is 4.02. The Bertz CT molecular complexity index is 522. The number of halogens is 2. The molecule has 0 aromatic heterocycles. The number of carbonyl (C=O) groups is 1. The van der Waals surface area contributed by atoms with Gasteiger partial charge in [-0.1, -0.05) is 0 Å². The third-order valence-electron chi connectivity index (χ3n) is 2.46. The lowest BCUT2D eigenvalue weighted by molar-refractivity contribution is -0.387. The summed E-state index contributed by atoms with van der Waals surface area (Å²) >= 11 is 0. The first-order valence-electron chi connectivity index (χ1n) is 5.90. The number of amides is 1. The van der Waals surface area contributed by atoms with Gasteiger partial charge in [0.1, 0.15) is 5.82 Å². The summed E-state index contributed by atoms with van der Waals surface area (Å²) in [4.78, 5) is 21.2. The van der Waals surface area contributed by atoms with Gasteiger partial charge >= 0.3 is 5.69 Å². The van der Waals surface area contributed by atoms with Crippen LogP contribution >= 0.6 is 0 Å². The van der Waals surface area contributed by atoms with Crippen LogP contribution in [-0.2, 0) is 4.74 Å². The van der Waals surface area contributed by atoms with Gasteiger partial charge in [-0.25, -0.2) is 4.39 Å². The lowest BCUT2D eigenvalue weighted by atomic mass is 10.1. The molecule has 0 aliphatic carbocycles. The number of nitrogens with one attached hydrogen (secondary N) is 1. The second-order valence-electron chi connectivity index (χ2n) is 4.02. The van der Waals surface area contributed by atoms with Gasteiger partial charge in [-0.15, -0.1) is 0 Å². The Morgan fingerprint density at radius 3 is 2.70 bits per heavy atom. The van der Waals surface area contributed by atoms with E-state index in [2.05, 4.69) is 5.32 Å². The molecular weight excluding hydrogens is 274 g/mol. The summed E-state index contributed by atoms with van der Waals surface area (Å²) in [6.45, 7) is 3.98. The third-order valence-corrected chi connectivity index (χ3v) is 2.46. The average molecular weight is 288 g/mol. The molecule has 0 fully saturated rings. The first-order chi connectivity index (χ1) is 9.36. The molecule has 0 radical (unpaired) electrons. The molecule has 1 amide bonds. The molecule has 0 heterocycles. The predicted molar refractivity (Wildman–Crippen MR) is 66.4 cm³/mol. The van der Waals surface area contributed by atoms with Crippen molar-refractivity contribution in [3.8, 4) is 0 Å². The minimum atomic E-state index is -1.36. The fraction of sp³-hybridized carbons (Fsp3) is 0.417. The lowest BCUT2D eigenvalue weighted by Gasteiger charge is -2.12. The molecule has 0 aliphatic heterocycles. The third kappa shape index (κ3) is 3.95. The van der Waals surface area contributed by atoms with Gasteiger partial charge in [0.05, 0.1) is 22.7 Å². The summed E-state index contributed by atoms with van der Waals surface area (Å²) in [5.74, 6) is -3.35. The number of carbonyl (C=O) groups excluding carboxylic acids is 1. The zero-order valence-electron chi connectivity index (χ0n) is 11.0. The van der Waals surface area contributed by atoms with Gasteiger partial charge in [0.25, 0.3) is 5.91 Å². The van der Waals surface area contributed by atoms with Crippen LogP contribution in [0.5, 0.6) is 0 Å². The van der Waals surface area contributed by atoms with Crippen molar-refractivity contribution in [2.45, 2.75) is 20.0 Å². The highest BCUT2D eigenvalue weighted by molar-refractivity contribution is 5.95. The Morgan fingerprint density at radius 2 is 2.15 bits per heavy atom. The molecule has 1 N–H and O–H groups in total. The number of ether oxygens (including phenoxy) is 1. The van der Waals surface area contributed by atoms with Crippen molar-refractivity contribution in [3.63, 3.8) is 0 Å². The summed E-state index contributed by atoms with van der Waals surface area (Å²) in [5, 5.41) is 12.9. The van der Waals surface area contributed by atoms with Crippen molar-refractivity contribution in [2.75, 3.05) is 13.2 Å². The van der Waals surface area contributed by atoms with Crippen LogP contribution in [0.1, 0.15) is 24.2 Å². The highest BCUT2D eigenvalue weighted by Crippen LogP contribution is 2.22. The molecule has 1 aromatic carbocycles. The smallest absolute Gasteiger partial charge is 0.308 e. The summed E-state index contributed by atoms with van der Waals surface area (Å²) in [6, 6.07) is 1.04. The van der Waals surface area contributed by atoms with Gasteiger partial charge in [-0.2, -0.15) is 4.39 Å². The Morgan fingerprint density at radius 1 is 1.50 bits per heavy atom. The van der Waals surface area contributed by atoms with Crippen molar-refractivity contribution in [1.82, 2.24) is 5.32 Å².